The molecule has 1 spiro atoms. The second-order valence-corrected chi connectivity index (χ2v) is 6.84. The highest BCUT2D eigenvalue weighted by molar-refractivity contribution is 6.06. The monoisotopic (exact) mass is 376 g/mol. The van der Waals surface area contributed by atoms with Gasteiger partial charge in [0.2, 0.25) is 0 Å². The van der Waals surface area contributed by atoms with Gasteiger partial charge in [0.1, 0.15) is 5.82 Å². The molecule has 2 heterocycles. The molecule has 1 saturated heterocycles. The Hall–Kier alpha value is -1.88. The average Bonchev–Trinajstić information content (AvgIpc) is 3.47. The Morgan fingerprint density at radius 1 is 1.07 bits per heavy atom. The minimum Gasteiger partial charge on any atom is -0.378 e. The zero-order chi connectivity index (χ0) is 20.0. The fraction of sp³-hybridized carbons (Fsp3) is 0.591. The van der Waals surface area contributed by atoms with Crippen molar-refractivity contribution in [3.05, 3.63) is 41.4 Å². The molecular weight excluding hydrogens is 343 g/mol. The zero-order valence-corrected chi connectivity index (χ0v) is 17.3. The maximum Gasteiger partial charge on any atom is 0.274 e. The Bertz CT molecular complexity index is 677. The third-order valence-corrected chi connectivity index (χ3v) is 5.02. The van der Waals surface area contributed by atoms with Crippen LogP contribution >= 0.6 is 0 Å². The number of rotatable bonds is 2. The Labute approximate surface area is 163 Å². The summed E-state index contributed by atoms with van der Waals surface area (Å²) in [6, 6.07) is 5.08. The van der Waals surface area contributed by atoms with Crippen LogP contribution < -0.4 is 4.90 Å². The molecule has 0 radical (unpaired) electrons. The lowest BCUT2D eigenvalue weighted by atomic mass is 9.98. The lowest BCUT2D eigenvalue weighted by Crippen LogP contribution is -2.48. The van der Waals surface area contributed by atoms with Crippen LogP contribution in [0.25, 0.3) is 0 Å². The predicted octanol–water partition coefficient (Wildman–Crippen LogP) is 4.53. The molecule has 2 fully saturated rings. The van der Waals surface area contributed by atoms with E-state index in [4.69, 9.17) is 4.74 Å². The number of morpholine rings is 1. The van der Waals surface area contributed by atoms with Crippen molar-refractivity contribution < 1.29 is 13.9 Å². The second-order valence-electron chi connectivity index (χ2n) is 6.84. The van der Waals surface area contributed by atoms with E-state index in [2.05, 4.69) is 11.0 Å². The van der Waals surface area contributed by atoms with Crippen LogP contribution in [0.4, 0.5) is 10.1 Å². The van der Waals surface area contributed by atoms with E-state index in [-0.39, 0.29) is 17.1 Å². The minimum absolute atomic E-state index is 0.0405. The zero-order valence-electron chi connectivity index (χ0n) is 17.3. The van der Waals surface area contributed by atoms with E-state index in [1.54, 1.807) is 11.0 Å². The molecule has 0 atom stereocenters. The molecule has 0 N–H and O–H groups in total. The molecule has 4 nitrogen and oxygen atoms in total. The maximum absolute atomic E-state index is 14.4. The molecule has 4 rings (SSSR count). The van der Waals surface area contributed by atoms with Crippen molar-refractivity contribution in [2.24, 2.45) is 5.41 Å². The summed E-state index contributed by atoms with van der Waals surface area (Å²) in [4.78, 5) is 16.7. The standard InChI is InChI=1S/C18H21FN2O2.2C2H6/c1-13-2-3-15(14(19)10-13)21-12-18(4-5-18)11-16(17(21)22)20-6-8-23-9-7-20;2*1-2/h2-3,10-11H,4-9,12H2,1H3;2*1-2H3. The van der Waals surface area contributed by atoms with Crippen molar-refractivity contribution in [3.63, 3.8) is 0 Å². The predicted molar refractivity (Wildman–Crippen MR) is 108 cm³/mol. The fourth-order valence-corrected chi connectivity index (χ4v) is 3.44. The van der Waals surface area contributed by atoms with Gasteiger partial charge in [-0.2, -0.15) is 0 Å². The Morgan fingerprint density at radius 2 is 1.70 bits per heavy atom. The van der Waals surface area contributed by atoms with Gasteiger partial charge in [-0.05, 0) is 43.5 Å². The fourth-order valence-electron chi connectivity index (χ4n) is 3.44. The van der Waals surface area contributed by atoms with Crippen LogP contribution in [-0.2, 0) is 9.53 Å². The van der Waals surface area contributed by atoms with Crippen LogP contribution in [0, 0.1) is 18.2 Å². The highest BCUT2D eigenvalue weighted by Crippen LogP contribution is 2.51. The number of carbonyl (C=O) groups excluding carboxylic acids is 1. The number of nitrogens with zero attached hydrogens (tertiary/aromatic N) is 2. The SMILES string of the molecule is CC.CC.Cc1ccc(N2CC3(C=C(N4CCOCC4)C2=O)CC3)c(F)c1. The Kier molecular flexibility index (Phi) is 7.42. The molecule has 27 heavy (non-hydrogen) atoms. The third kappa shape index (κ3) is 4.70. The van der Waals surface area contributed by atoms with Gasteiger partial charge in [0, 0.05) is 25.0 Å². The quantitative estimate of drug-likeness (QED) is 0.760. The number of benzene rings is 1. The minimum atomic E-state index is -0.322. The first kappa shape index (κ1) is 21.4. The molecule has 1 aromatic rings. The number of hydrogen-bond acceptors (Lipinski definition) is 3. The molecule has 0 unspecified atom stereocenters. The molecule has 2 aliphatic heterocycles. The topological polar surface area (TPSA) is 32.8 Å². The molecule has 1 amide bonds. The highest BCUT2D eigenvalue weighted by atomic mass is 19.1. The number of ether oxygens (including phenoxy) is 1. The molecule has 1 aromatic carbocycles. The normalized spacial score (nSPS) is 20.2. The van der Waals surface area contributed by atoms with Crippen LogP contribution in [0.2, 0.25) is 0 Å². The molecule has 5 heteroatoms. The highest BCUT2D eigenvalue weighted by Gasteiger charge is 2.48. The van der Waals surface area contributed by atoms with Gasteiger partial charge in [0.25, 0.3) is 5.91 Å². The molecule has 1 saturated carbocycles. The van der Waals surface area contributed by atoms with Crippen LogP contribution in [0.3, 0.4) is 0 Å². The lowest BCUT2D eigenvalue weighted by molar-refractivity contribution is -0.118. The Morgan fingerprint density at radius 3 is 2.26 bits per heavy atom. The summed E-state index contributed by atoms with van der Waals surface area (Å²) in [7, 11) is 0. The number of amides is 1. The van der Waals surface area contributed by atoms with Crippen LogP contribution in [0.5, 0.6) is 0 Å². The van der Waals surface area contributed by atoms with E-state index >= 15 is 0 Å². The van der Waals surface area contributed by atoms with Gasteiger partial charge in [0.15, 0.2) is 0 Å². The summed E-state index contributed by atoms with van der Waals surface area (Å²) in [5, 5.41) is 0. The van der Waals surface area contributed by atoms with Crippen LogP contribution in [0.15, 0.2) is 30.0 Å². The summed E-state index contributed by atoms with van der Waals surface area (Å²) in [6.45, 7) is 13.1. The second kappa shape index (κ2) is 9.36. The van der Waals surface area contributed by atoms with Gasteiger partial charge < -0.3 is 14.5 Å². The number of anilines is 1. The van der Waals surface area contributed by atoms with E-state index in [1.807, 2.05) is 40.7 Å². The van der Waals surface area contributed by atoms with Gasteiger partial charge in [-0.25, -0.2) is 4.39 Å². The summed E-state index contributed by atoms with van der Waals surface area (Å²) >= 11 is 0. The third-order valence-electron chi connectivity index (χ3n) is 5.02. The molecule has 0 aromatic heterocycles. The average molecular weight is 377 g/mol. The molecule has 150 valence electrons. The summed E-state index contributed by atoms with van der Waals surface area (Å²) in [5.74, 6) is -0.412. The first-order valence-corrected chi connectivity index (χ1v) is 10.2. The first-order chi connectivity index (χ1) is 13.1. The van der Waals surface area contributed by atoms with Crippen molar-refractivity contribution in [1.29, 1.82) is 0 Å². The van der Waals surface area contributed by atoms with Gasteiger partial charge in [0.05, 0.1) is 24.6 Å². The number of carbonyl (C=O) groups is 1. The summed E-state index contributed by atoms with van der Waals surface area (Å²) in [6.07, 6.45) is 4.26. The maximum atomic E-state index is 14.4. The van der Waals surface area contributed by atoms with Gasteiger partial charge in [-0.3, -0.25) is 4.79 Å². The van der Waals surface area contributed by atoms with Crippen molar-refractivity contribution in [2.45, 2.75) is 47.5 Å². The summed E-state index contributed by atoms with van der Waals surface area (Å²) in [5.41, 5.74) is 2.02. The van der Waals surface area contributed by atoms with E-state index in [0.29, 0.717) is 25.4 Å². The largest absolute Gasteiger partial charge is 0.378 e. The van der Waals surface area contributed by atoms with Crippen LogP contribution in [0.1, 0.15) is 46.1 Å². The molecular formula is C22H33FN2O2. The number of hydrogen-bond donors (Lipinski definition) is 0. The first-order valence-electron chi connectivity index (χ1n) is 10.2. The number of halogens is 1. The molecule has 1 aliphatic carbocycles. The number of aryl methyl sites for hydroxylation is 1. The molecule has 0 bridgehead atoms. The van der Waals surface area contributed by atoms with Crippen molar-refractivity contribution >= 4 is 11.6 Å². The van der Waals surface area contributed by atoms with Crippen molar-refractivity contribution in [2.75, 3.05) is 37.7 Å². The van der Waals surface area contributed by atoms with Crippen molar-refractivity contribution in [1.82, 2.24) is 4.90 Å². The van der Waals surface area contributed by atoms with Crippen molar-refractivity contribution in [3.8, 4) is 0 Å². The smallest absolute Gasteiger partial charge is 0.274 e. The lowest BCUT2D eigenvalue weighted by Gasteiger charge is -2.38. The van der Waals surface area contributed by atoms with Gasteiger partial charge >= 0.3 is 0 Å². The van der Waals surface area contributed by atoms with E-state index in [1.165, 1.54) is 6.07 Å². The molecule has 3 aliphatic rings. The Balaban J connectivity index is 0.000000614. The van der Waals surface area contributed by atoms with E-state index in [9.17, 15) is 9.18 Å². The van der Waals surface area contributed by atoms with Gasteiger partial charge in [-0.15, -0.1) is 0 Å². The van der Waals surface area contributed by atoms with E-state index in [0.717, 1.165) is 37.2 Å². The van der Waals surface area contributed by atoms with Gasteiger partial charge in [-0.1, -0.05) is 33.8 Å². The van der Waals surface area contributed by atoms with Crippen LogP contribution in [-0.4, -0.2) is 43.7 Å². The summed E-state index contributed by atoms with van der Waals surface area (Å²) < 4.78 is 19.8. The van der Waals surface area contributed by atoms with E-state index < -0.39 is 0 Å².